The number of fused-ring (bicyclic) bond motifs is 4. The molecule has 0 aliphatic carbocycles. The van der Waals surface area contributed by atoms with E-state index in [1.807, 2.05) is 45.3 Å². The second-order valence-corrected chi connectivity index (χ2v) is 40.9. The van der Waals surface area contributed by atoms with Gasteiger partial charge in [0.15, 0.2) is 0 Å². The van der Waals surface area contributed by atoms with Gasteiger partial charge in [0.05, 0.1) is 23.5 Å². The number of nitrogens with zero attached hydrogens (tertiary/aromatic N) is 4. The van der Waals surface area contributed by atoms with Gasteiger partial charge < -0.3 is 0 Å². The average Bonchev–Trinajstić information content (AvgIpc) is 1.55. The maximum Gasteiger partial charge on any atom is 0.114 e. The van der Waals surface area contributed by atoms with Crippen molar-refractivity contribution < 1.29 is 0 Å². The van der Waals surface area contributed by atoms with Crippen LogP contribution >= 0.6 is 114 Å². The number of hydrogen-bond donors (Lipinski definition) is 0. The zero-order valence-corrected chi connectivity index (χ0v) is 74.3. The topological polar surface area (TPSA) is 51.6 Å². The lowest BCUT2D eigenvalue weighted by Crippen LogP contribution is -2.01. The van der Waals surface area contributed by atoms with Gasteiger partial charge in [0.1, 0.15) is 22.1 Å². The van der Waals surface area contributed by atoms with Crippen LogP contribution in [0.3, 0.4) is 0 Å². The molecule has 0 N–H and O–H groups in total. The molecule has 10 heterocycles. The van der Waals surface area contributed by atoms with E-state index in [9.17, 15) is 0 Å². The van der Waals surface area contributed by atoms with Crippen LogP contribution < -0.4 is 0 Å². The van der Waals surface area contributed by atoms with E-state index in [4.69, 9.17) is 17.5 Å². The van der Waals surface area contributed by atoms with Gasteiger partial charge in [-0.2, -0.15) is 17.5 Å². The van der Waals surface area contributed by atoms with Crippen molar-refractivity contribution >= 4 is 156 Å². The van der Waals surface area contributed by atoms with Crippen molar-refractivity contribution in [1.82, 2.24) is 17.5 Å². The third-order valence-electron chi connectivity index (χ3n) is 22.8. The summed E-state index contributed by atoms with van der Waals surface area (Å²) in [5.41, 5.74) is 14.9. The zero-order chi connectivity index (χ0) is 74.6. The Morgan fingerprint density at radius 2 is 0.583 bits per heavy atom. The van der Waals surface area contributed by atoms with Crippen molar-refractivity contribution in [2.45, 2.75) is 299 Å². The number of unbranched alkanes of at least 4 members (excludes halogenated alkanes) is 22. The van der Waals surface area contributed by atoms with E-state index in [1.165, 1.54) is 362 Å². The third-order valence-corrected chi connectivity index (χ3v) is 33.5. The van der Waals surface area contributed by atoms with E-state index < -0.39 is 0 Å². The molecule has 0 bridgehead atoms. The van der Waals surface area contributed by atoms with Crippen LogP contribution in [0.4, 0.5) is 0 Å². The third kappa shape index (κ3) is 20.1. The van der Waals surface area contributed by atoms with Crippen molar-refractivity contribution in [3.8, 4) is 82.2 Å². The van der Waals surface area contributed by atoms with Gasteiger partial charge in [0, 0.05) is 122 Å². The van der Waals surface area contributed by atoms with Gasteiger partial charge in [-0.25, -0.2) is 0 Å². The molecule has 3 aromatic carbocycles. The molecule has 2 atom stereocenters. The average molecular weight is 1620 g/mol. The van der Waals surface area contributed by atoms with E-state index in [0.29, 0.717) is 11.8 Å². The molecule has 13 aromatic rings. The summed E-state index contributed by atoms with van der Waals surface area (Å²) in [5.74, 6) is 1.39. The molecule has 14 heteroatoms. The van der Waals surface area contributed by atoms with Crippen molar-refractivity contribution in [3.63, 3.8) is 0 Å². The fourth-order valence-electron chi connectivity index (χ4n) is 16.3. The summed E-state index contributed by atoms with van der Waals surface area (Å²) >= 11 is 19.0. The monoisotopic (exact) mass is 1620 g/mol. The lowest BCUT2D eigenvalue weighted by Gasteiger charge is -2.13. The normalized spacial score (nSPS) is 12.7. The zero-order valence-electron chi connectivity index (χ0n) is 66.1. The summed E-state index contributed by atoms with van der Waals surface area (Å²) in [6.07, 6.45) is 48.1. The molecule has 0 radical (unpaired) electrons. The molecular formula is C94H118N4S10. The molecule has 0 spiro atoms. The minimum absolute atomic E-state index is 0.694. The van der Waals surface area contributed by atoms with Gasteiger partial charge >= 0.3 is 0 Å². The minimum atomic E-state index is 0.694. The van der Waals surface area contributed by atoms with Crippen LogP contribution in [0.5, 0.6) is 0 Å². The van der Waals surface area contributed by atoms with E-state index in [1.54, 1.807) is 0 Å². The highest BCUT2D eigenvalue weighted by molar-refractivity contribution is 7.30. The number of rotatable bonds is 48. The van der Waals surface area contributed by atoms with Gasteiger partial charge in [-0.05, 0) is 160 Å². The lowest BCUT2D eigenvalue weighted by atomic mass is 9.95. The van der Waals surface area contributed by atoms with Crippen LogP contribution in [-0.2, 0) is 38.5 Å². The second kappa shape index (κ2) is 41.5. The highest BCUT2D eigenvalue weighted by Gasteiger charge is 2.29. The summed E-state index contributed by atoms with van der Waals surface area (Å²) in [6.45, 7) is 18.8. The van der Waals surface area contributed by atoms with Crippen LogP contribution in [0.15, 0.2) is 97.1 Å². The van der Waals surface area contributed by atoms with Gasteiger partial charge in [0.25, 0.3) is 0 Å². The lowest BCUT2D eigenvalue weighted by molar-refractivity contribution is 0.452. The Kier molecular flexibility index (Phi) is 31.3. The van der Waals surface area contributed by atoms with Gasteiger partial charge in [-0.15, -0.1) is 90.7 Å². The van der Waals surface area contributed by atoms with Crippen LogP contribution in [0.25, 0.3) is 124 Å². The van der Waals surface area contributed by atoms with Crippen molar-refractivity contribution in [2.75, 3.05) is 0 Å². The molecule has 0 amide bonds. The number of benzene rings is 3. The number of thiophene rings is 8. The molecule has 574 valence electrons. The Labute approximate surface area is 688 Å². The largest absolute Gasteiger partial charge is 0.172 e. The summed E-state index contributed by atoms with van der Waals surface area (Å²) in [4.78, 5) is 19.8. The Morgan fingerprint density at radius 1 is 0.269 bits per heavy atom. The summed E-state index contributed by atoms with van der Waals surface area (Å²) < 4.78 is 23.5. The fourth-order valence-corrected chi connectivity index (χ4v) is 27.3. The number of hydrogen-bond acceptors (Lipinski definition) is 14. The predicted octanol–water partition coefficient (Wildman–Crippen LogP) is 35.0. The quantitative estimate of drug-likeness (QED) is 0.0357. The number of aryl methyl sites for hydroxylation is 4. The first kappa shape index (κ1) is 81.4. The van der Waals surface area contributed by atoms with E-state index in [-0.39, 0.29) is 0 Å². The maximum absolute atomic E-state index is 5.18. The van der Waals surface area contributed by atoms with Gasteiger partial charge in [0.2, 0.25) is 0 Å². The molecule has 0 aliphatic rings. The van der Waals surface area contributed by atoms with Crippen LogP contribution in [0, 0.1) is 11.8 Å². The molecule has 10 aromatic heterocycles. The van der Waals surface area contributed by atoms with Crippen molar-refractivity contribution in [1.29, 1.82) is 0 Å². The van der Waals surface area contributed by atoms with Crippen molar-refractivity contribution in [2.24, 2.45) is 11.8 Å². The highest BCUT2D eigenvalue weighted by atomic mass is 32.1. The SMILES string of the molecule is CCCCCCCCc1ccc(-c2ccc(-c3cc(CCCCCCCC)c(-c4cc5c(-c6ccc(CC(CC)CCCC)s6)c6sc(-c7sc(-c8ccc(-c9ccc(CCCCCCCC)s9)c9nsnc89)cc7CCCCCCCC)cc6c(-c6ccc(CC(CC)CCCC)s6)c5s4)s3)c3nsnc23)s1. The van der Waals surface area contributed by atoms with Crippen molar-refractivity contribution in [3.05, 3.63) is 128 Å². The first-order valence-electron chi connectivity index (χ1n) is 42.4. The molecule has 13 rings (SSSR count). The Bertz CT molecular complexity index is 4540. The molecular weight excluding hydrogens is 1510 g/mol. The standard InChI is InChI=1S/C94H118N4S10/c1-9-17-23-27-31-35-41-65-59-81(73-51-49-71(87-89(73)97-107-95-87)77-53-45-67(99-77)43-37-33-29-25-19-11-3)103-91(65)83-61-75-85(79-55-47-69(101-79)57-63(15-7)39-21-13-5)94-76(86(93(75)105-83)80-56-48-70(102-80)58-64(16-8)40-22-14-6)62-84(106-94)92-66(42-36-32-28-24-18-10-2)60-82(104-92)74-52-50-72(88-90(74)98-108-96-88)78-54-46-68(100-78)44-38-34-30-26-20-12-4/h45-56,59-64H,9-44,57-58H2,1-8H3. The molecule has 0 saturated heterocycles. The van der Waals surface area contributed by atoms with Gasteiger partial charge in [-0.1, -0.05) is 259 Å². The fraction of sp³-hybridized carbons (Fsp3) is 0.511. The molecule has 0 aliphatic heterocycles. The maximum atomic E-state index is 5.18. The van der Waals surface area contributed by atoms with Crippen LogP contribution in [0.1, 0.15) is 291 Å². The molecule has 2 unspecified atom stereocenters. The van der Waals surface area contributed by atoms with Gasteiger partial charge in [-0.3, -0.25) is 0 Å². The summed E-state index contributed by atoms with van der Waals surface area (Å²) in [7, 11) is 0. The second-order valence-electron chi connectivity index (χ2n) is 31.0. The van der Waals surface area contributed by atoms with E-state index in [2.05, 4.69) is 198 Å². The summed E-state index contributed by atoms with van der Waals surface area (Å²) in [5, 5.41) is 2.84. The molecule has 108 heavy (non-hydrogen) atoms. The van der Waals surface area contributed by atoms with E-state index in [0.717, 1.165) is 60.6 Å². The minimum Gasteiger partial charge on any atom is -0.172 e. The first-order chi connectivity index (χ1) is 53.2. The molecule has 4 nitrogen and oxygen atoms in total. The molecule has 0 fully saturated rings. The molecule has 0 saturated carbocycles. The smallest absolute Gasteiger partial charge is 0.114 e. The Hall–Kier alpha value is -4.58. The predicted molar refractivity (Wildman–Crippen MR) is 492 cm³/mol. The summed E-state index contributed by atoms with van der Waals surface area (Å²) in [6, 6.07) is 39.6. The highest BCUT2D eigenvalue weighted by Crippen LogP contribution is 2.57. The Balaban J connectivity index is 0.959. The van der Waals surface area contributed by atoms with Crippen LogP contribution in [-0.4, -0.2) is 17.5 Å². The number of aromatic nitrogens is 4. The Morgan fingerprint density at radius 3 is 0.944 bits per heavy atom. The van der Waals surface area contributed by atoms with E-state index >= 15 is 0 Å². The van der Waals surface area contributed by atoms with Crippen LogP contribution in [0.2, 0.25) is 0 Å². The first-order valence-corrected chi connectivity index (χ1v) is 50.4.